The summed E-state index contributed by atoms with van der Waals surface area (Å²) in [5.74, 6) is 0. The minimum atomic E-state index is 0.216. The first-order valence-electron chi connectivity index (χ1n) is 6.54. The number of fused-ring (bicyclic) bond motifs is 1. The van der Waals surface area contributed by atoms with Crippen LogP contribution in [0, 0.1) is 0 Å². The molecule has 1 aromatic carbocycles. The Hall–Kier alpha value is -1.04. The first-order valence-corrected chi connectivity index (χ1v) is 6.54. The molecule has 0 heterocycles. The first kappa shape index (κ1) is 12.4. The maximum Gasteiger partial charge on any atom is -0.00881 e. The van der Waals surface area contributed by atoms with Crippen LogP contribution in [0.1, 0.15) is 63.8 Å². The van der Waals surface area contributed by atoms with E-state index in [1.165, 1.54) is 22.3 Å². The molecule has 0 saturated carbocycles. The van der Waals surface area contributed by atoms with Gasteiger partial charge in [0.1, 0.15) is 0 Å². The summed E-state index contributed by atoms with van der Waals surface area (Å²) in [6.45, 7) is 13.9. The summed E-state index contributed by atoms with van der Waals surface area (Å²) in [5.41, 5.74) is 6.35. The third-order valence-electron chi connectivity index (χ3n) is 3.53. The van der Waals surface area contributed by atoms with E-state index in [9.17, 15) is 0 Å². The van der Waals surface area contributed by atoms with Gasteiger partial charge in [-0.3, -0.25) is 0 Å². The lowest BCUT2D eigenvalue weighted by Crippen LogP contribution is -2.22. The topological polar surface area (TPSA) is 0 Å². The fourth-order valence-electron chi connectivity index (χ4n) is 2.55. The molecule has 0 atom stereocenters. The Morgan fingerprint density at radius 3 is 1.88 bits per heavy atom. The second-order valence-electron chi connectivity index (χ2n) is 7.20. The van der Waals surface area contributed by atoms with Crippen LogP contribution in [0.3, 0.4) is 0 Å². The molecule has 0 amide bonds. The Labute approximate surface area is 106 Å². The van der Waals surface area contributed by atoms with Crippen LogP contribution >= 0.6 is 0 Å². The van der Waals surface area contributed by atoms with Crippen molar-refractivity contribution in [1.29, 1.82) is 0 Å². The van der Waals surface area contributed by atoms with E-state index in [4.69, 9.17) is 0 Å². The molecule has 0 aromatic heterocycles. The fraction of sp³-hybridized carbons (Fsp3) is 0.529. The van der Waals surface area contributed by atoms with Gasteiger partial charge < -0.3 is 0 Å². The molecule has 0 spiro atoms. The van der Waals surface area contributed by atoms with E-state index in [1.807, 2.05) is 0 Å². The van der Waals surface area contributed by atoms with Crippen LogP contribution in [0.5, 0.6) is 0 Å². The molecule has 1 aliphatic rings. The minimum Gasteiger partial charge on any atom is -0.0795 e. The van der Waals surface area contributed by atoms with Crippen molar-refractivity contribution in [1.82, 2.24) is 0 Å². The summed E-state index contributed by atoms with van der Waals surface area (Å²) in [6.07, 6.45) is 5.63. The Kier molecular flexibility index (Phi) is 2.72. The van der Waals surface area contributed by atoms with Gasteiger partial charge in [0.05, 0.1) is 0 Å². The third-order valence-corrected chi connectivity index (χ3v) is 3.53. The van der Waals surface area contributed by atoms with Gasteiger partial charge in [0, 0.05) is 0 Å². The summed E-state index contributed by atoms with van der Waals surface area (Å²) in [6, 6.07) is 4.83. The molecule has 92 valence electrons. The van der Waals surface area contributed by atoms with Gasteiger partial charge in [-0.25, -0.2) is 0 Å². The maximum atomic E-state index is 2.43. The highest BCUT2D eigenvalue weighted by Gasteiger charge is 2.26. The SMILES string of the molecule is CC(C)(C)c1cc2c(cc1C(C)(C)C)CC=C2. The van der Waals surface area contributed by atoms with E-state index in [2.05, 4.69) is 65.8 Å². The normalized spacial score (nSPS) is 15.2. The molecule has 0 nitrogen and oxygen atoms in total. The van der Waals surface area contributed by atoms with Crippen molar-refractivity contribution in [2.75, 3.05) is 0 Å². The van der Waals surface area contributed by atoms with E-state index in [0.29, 0.717) is 0 Å². The average molecular weight is 228 g/mol. The smallest absolute Gasteiger partial charge is 0.00881 e. The molecule has 1 aromatic rings. The van der Waals surface area contributed by atoms with Crippen molar-refractivity contribution in [2.45, 2.75) is 58.8 Å². The van der Waals surface area contributed by atoms with E-state index in [0.717, 1.165) is 6.42 Å². The highest BCUT2D eigenvalue weighted by molar-refractivity contribution is 5.63. The highest BCUT2D eigenvalue weighted by atomic mass is 14.3. The first-order chi connectivity index (χ1) is 7.69. The van der Waals surface area contributed by atoms with Crippen LogP contribution in [0.4, 0.5) is 0 Å². The van der Waals surface area contributed by atoms with Gasteiger partial charge in [-0.05, 0) is 39.5 Å². The molecule has 0 unspecified atom stereocenters. The summed E-state index contributed by atoms with van der Waals surface area (Å²) < 4.78 is 0. The zero-order chi connectivity index (χ0) is 12.8. The van der Waals surface area contributed by atoms with Gasteiger partial charge in [0.15, 0.2) is 0 Å². The number of hydrogen-bond donors (Lipinski definition) is 0. The Bertz CT molecular complexity index is 462. The zero-order valence-electron chi connectivity index (χ0n) is 12.0. The van der Waals surface area contributed by atoms with Crippen LogP contribution < -0.4 is 0 Å². The highest BCUT2D eigenvalue weighted by Crippen LogP contribution is 2.37. The zero-order valence-corrected chi connectivity index (χ0v) is 12.0. The van der Waals surface area contributed by atoms with Crippen LogP contribution in [-0.2, 0) is 17.3 Å². The van der Waals surface area contributed by atoms with Crippen LogP contribution in [0.25, 0.3) is 6.08 Å². The Morgan fingerprint density at radius 1 is 0.824 bits per heavy atom. The van der Waals surface area contributed by atoms with E-state index >= 15 is 0 Å². The molecule has 0 aliphatic heterocycles. The lowest BCUT2D eigenvalue weighted by Gasteiger charge is -2.31. The molecule has 0 heteroatoms. The lowest BCUT2D eigenvalue weighted by molar-refractivity contribution is 0.529. The molecule has 0 bridgehead atoms. The summed E-state index contributed by atoms with van der Waals surface area (Å²) in [4.78, 5) is 0. The van der Waals surface area contributed by atoms with E-state index in [1.54, 1.807) is 0 Å². The maximum absolute atomic E-state index is 2.43. The van der Waals surface area contributed by atoms with Crippen molar-refractivity contribution in [3.8, 4) is 0 Å². The van der Waals surface area contributed by atoms with Gasteiger partial charge in [-0.1, -0.05) is 65.8 Å². The monoisotopic (exact) mass is 228 g/mol. The molecule has 0 radical (unpaired) electrons. The lowest BCUT2D eigenvalue weighted by atomic mass is 9.74. The van der Waals surface area contributed by atoms with Crippen molar-refractivity contribution in [2.24, 2.45) is 0 Å². The fourth-order valence-corrected chi connectivity index (χ4v) is 2.55. The second-order valence-corrected chi connectivity index (χ2v) is 7.20. The van der Waals surface area contributed by atoms with Gasteiger partial charge >= 0.3 is 0 Å². The number of rotatable bonds is 0. The van der Waals surface area contributed by atoms with Gasteiger partial charge in [0.2, 0.25) is 0 Å². The summed E-state index contributed by atoms with van der Waals surface area (Å²) >= 11 is 0. The third kappa shape index (κ3) is 2.31. The number of hydrogen-bond acceptors (Lipinski definition) is 0. The molecular formula is C17H24. The number of benzene rings is 1. The molecule has 0 saturated heterocycles. The van der Waals surface area contributed by atoms with Crippen molar-refractivity contribution in [3.05, 3.63) is 40.5 Å². The van der Waals surface area contributed by atoms with E-state index < -0.39 is 0 Å². The number of allylic oxidation sites excluding steroid dienone is 1. The van der Waals surface area contributed by atoms with Gasteiger partial charge in [-0.15, -0.1) is 0 Å². The van der Waals surface area contributed by atoms with Gasteiger partial charge in [0.25, 0.3) is 0 Å². The summed E-state index contributed by atoms with van der Waals surface area (Å²) in [7, 11) is 0. The van der Waals surface area contributed by atoms with Crippen LogP contribution in [0.15, 0.2) is 18.2 Å². The molecule has 0 N–H and O–H groups in total. The second kappa shape index (κ2) is 3.73. The predicted octanol–water partition coefficient (Wildman–Crippen LogP) is 4.85. The molecule has 2 rings (SSSR count). The molecule has 17 heavy (non-hydrogen) atoms. The summed E-state index contributed by atoms with van der Waals surface area (Å²) in [5, 5.41) is 0. The Balaban J connectivity index is 2.67. The molecule has 1 aliphatic carbocycles. The Morgan fingerprint density at radius 2 is 1.35 bits per heavy atom. The largest absolute Gasteiger partial charge is 0.0795 e. The molecule has 0 fully saturated rings. The molecular weight excluding hydrogens is 204 g/mol. The standard InChI is InChI=1S/C17H24/c1-16(2,3)14-10-12-8-7-9-13(12)11-15(14)17(4,5)6/h7-8,10-11H,9H2,1-6H3. The predicted molar refractivity (Wildman–Crippen MR) is 76.6 cm³/mol. The average Bonchev–Trinajstić information content (AvgIpc) is 2.59. The van der Waals surface area contributed by atoms with E-state index in [-0.39, 0.29) is 10.8 Å². The van der Waals surface area contributed by atoms with Crippen LogP contribution in [-0.4, -0.2) is 0 Å². The van der Waals surface area contributed by atoms with Crippen LogP contribution in [0.2, 0.25) is 0 Å². The quantitative estimate of drug-likeness (QED) is 0.595. The minimum absolute atomic E-state index is 0.216. The van der Waals surface area contributed by atoms with Gasteiger partial charge in [-0.2, -0.15) is 0 Å². The van der Waals surface area contributed by atoms with Crippen molar-refractivity contribution >= 4 is 6.08 Å². The van der Waals surface area contributed by atoms with Crippen molar-refractivity contribution in [3.63, 3.8) is 0 Å². The van der Waals surface area contributed by atoms with Crippen molar-refractivity contribution < 1.29 is 0 Å².